The molecule has 0 radical (unpaired) electrons. The Hall–Kier alpha value is -1.39. The van der Waals surface area contributed by atoms with Gasteiger partial charge >= 0.3 is 0 Å². The fourth-order valence-corrected chi connectivity index (χ4v) is 4.87. The van der Waals surface area contributed by atoms with Gasteiger partial charge in [-0.3, -0.25) is 4.79 Å². The fourth-order valence-electron chi connectivity index (χ4n) is 4.87. The molecule has 3 atom stereocenters. The molecule has 0 bridgehead atoms. The summed E-state index contributed by atoms with van der Waals surface area (Å²) < 4.78 is 0. The van der Waals surface area contributed by atoms with Crippen molar-refractivity contribution in [3.8, 4) is 0 Å². The van der Waals surface area contributed by atoms with Gasteiger partial charge in [0, 0.05) is 24.5 Å². The third-order valence-corrected chi connectivity index (χ3v) is 6.65. The molecule has 4 nitrogen and oxygen atoms in total. The van der Waals surface area contributed by atoms with Gasteiger partial charge in [0.05, 0.1) is 0 Å². The maximum atomic E-state index is 12.6. The van der Waals surface area contributed by atoms with E-state index < -0.39 is 0 Å². The fraction of sp³-hybridized carbons (Fsp3) is 0.696. The van der Waals surface area contributed by atoms with Crippen LogP contribution >= 0.6 is 0 Å². The maximum absolute atomic E-state index is 12.6. The molecule has 2 aliphatic rings. The first-order chi connectivity index (χ1) is 13.1. The lowest BCUT2D eigenvalue weighted by molar-refractivity contribution is -0.122. The molecule has 4 heteroatoms. The lowest BCUT2D eigenvalue weighted by atomic mass is 9.85. The van der Waals surface area contributed by atoms with Crippen molar-refractivity contribution in [1.82, 2.24) is 16.0 Å². The molecule has 1 saturated carbocycles. The SMILES string of the molecule is CC(NC1(CNC(=O)CC(C)C2CCCNC2)CCCC1)c1ccccc1. The smallest absolute Gasteiger partial charge is 0.220 e. The van der Waals surface area contributed by atoms with Crippen molar-refractivity contribution in [2.75, 3.05) is 19.6 Å². The lowest BCUT2D eigenvalue weighted by Crippen LogP contribution is -2.52. The molecule has 3 unspecified atom stereocenters. The normalized spacial score (nSPS) is 24.3. The topological polar surface area (TPSA) is 53.2 Å². The number of carbonyl (C=O) groups excluding carboxylic acids is 1. The van der Waals surface area contributed by atoms with Crippen LogP contribution in [0.5, 0.6) is 0 Å². The van der Waals surface area contributed by atoms with E-state index in [0.29, 0.717) is 24.3 Å². The van der Waals surface area contributed by atoms with Crippen LogP contribution in [0.2, 0.25) is 0 Å². The third kappa shape index (κ3) is 5.79. The second-order valence-electron chi connectivity index (χ2n) is 8.83. The van der Waals surface area contributed by atoms with E-state index in [9.17, 15) is 4.79 Å². The Morgan fingerprint density at radius 3 is 2.59 bits per heavy atom. The van der Waals surface area contributed by atoms with Crippen molar-refractivity contribution in [3.05, 3.63) is 35.9 Å². The molecule has 1 aliphatic carbocycles. The Kier molecular flexibility index (Phi) is 7.31. The summed E-state index contributed by atoms with van der Waals surface area (Å²) in [5, 5.41) is 10.6. The van der Waals surface area contributed by atoms with E-state index in [0.717, 1.165) is 32.5 Å². The number of amides is 1. The molecule has 1 amide bonds. The zero-order valence-corrected chi connectivity index (χ0v) is 17.1. The quantitative estimate of drug-likeness (QED) is 0.652. The molecular formula is C23H37N3O. The van der Waals surface area contributed by atoms with Gasteiger partial charge in [-0.2, -0.15) is 0 Å². The molecular weight excluding hydrogens is 334 g/mol. The van der Waals surface area contributed by atoms with Crippen LogP contribution in [0.3, 0.4) is 0 Å². The number of piperidine rings is 1. The number of carbonyl (C=O) groups is 1. The molecule has 2 fully saturated rings. The van der Waals surface area contributed by atoms with Crippen LogP contribution in [0.25, 0.3) is 0 Å². The molecule has 1 heterocycles. The van der Waals surface area contributed by atoms with Crippen LogP contribution in [-0.2, 0) is 4.79 Å². The lowest BCUT2D eigenvalue weighted by Gasteiger charge is -2.35. The van der Waals surface area contributed by atoms with E-state index in [1.165, 1.54) is 31.2 Å². The van der Waals surface area contributed by atoms with Gasteiger partial charge in [0.25, 0.3) is 0 Å². The van der Waals surface area contributed by atoms with Crippen LogP contribution in [0.4, 0.5) is 0 Å². The standard InChI is InChI=1S/C23H37N3O/c1-18(21-11-8-14-24-16-21)15-22(27)25-17-23(12-6-7-13-23)26-19(2)20-9-4-3-5-10-20/h3-5,9-10,18-19,21,24,26H,6-8,11-17H2,1-2H3,(H,25,27). The molecule has 1 aromatic rings. The van der Waals surface area contributed by atoms with E-state index >= 15 is 0 Å². The molecule has 27 heavy (non-hydrogen) atoms. The number of hydrogen-bond acceptors (Lipinski definition) is 3. The van der Waals surface area contributed by atoms with Crippen LogP contribution in [0.15, 0.2) is 30.3 Å². The summed E-state index contributed by atoms with van der Waals surface area (Å²) in [4.78, 5) is 12.6. The van der Waals surface area contributed by atoms with Gasteiger partial charge in [0.2, 0.25) is 5.91 Å². The highest BCUT2D eigenvalue weighted by Gasteiger charge is 2.35. The summed E-state index contributed by atoms with van der Waals surface area (Å²) in [6.07, 6.45) is 7.92. The first kappa shape index (κ1) is 20.3. The minimum Gasteiger partial charge on any atom is -0.354 e. The van der Waals surface area contributed by atoms with Gasteiger partial charge in [-0.1, -0.05) is 50.1 Å². The molecule has 1 aromatic carbocycles. The summed E-state index contributed by atoms with van der Waals surface area (Å²) in [5.41, 5.74) is 1.36. The minimum absolute atomic E-state index is 0.0422. The highest BCUT2D eigenvalue weighted by atomic mass is 16.1. The van der Waals surface area contributed by atoms with Crippen molar-refractivity contribution in [2.24, 2.45) is 11.8 Å². The molecule has 150 valence electrons. The average Bonchev–Trinajstić information content (AvgIpc) is 3.16. The van der Waals surface area contributed by atoms with E-state index in [1.807, 2.05) is 0 Å². The predicted molar refractivity (Wildman–Crippen MR) is 112 cm³/mol. The monoisotopic (exact) mass is 371 g/mol. The average molecular weight is 372 g/mol. The van der Waals surface area contributed by atoms with Crippen LogP contribution in [0, 0.1) is 11.8 Å². The van der Waals surface area contributed by atoms with Crippen molar-refractivity contribution >= 4 is 5.91 Å². The van der Waals surface area contributed by atoms with E-state index in [1.54, 1.807) is 0 Å². The summed E-state index contributed by atoms with van der Waals surface area (Å²) in [6, 6.07) is 10.9. The molecule has 1 saturated heterocycles. The maximum Gasteiger partial charge on any atom is 0.220 e. The van der Waals surface area contributed by atoms with Crippen LogP contribution in [0.1, 0.15) is 70.4 Å². The minimum atomic E-state index is 0.0422. The van der Waals surface area contributed by atoms with Gasteiger partial charge in [-0.05, 0) is 63.1 Å². The first-order valence-electron chi connectivity index (χ1n) is 10.9. The van der Waals surface area contributed by atoms with Crippen molar-refractivity contribution in [1.29, 1.82) is 0 Å². The van der Waals surface area contributed by atoms with Crippen molar-refractivity contribution in [3.63, 3.8) is 0 Å². The molecule has 0 aromatic heterocycles. The number of benzene rings is 1. The van der Waals surface area contributed by atoms with Gasteiger partial charge in [-0.15, -0.1) is 0 Å². The zero-order chi connectivity index (χ0) is 19.1. The van der Waals surface area contributed by atoms with E-state index in [-0.39, 0.29) is 11.4 Å². The number of hydrogen-bond donors (Lipinski definition) is 3. The highest BCUT2D eigenvalue weighted by molar-refractivity contribution is 5.76. The van der Waals surface area contributed by atoms with E-state index in [2.05, 4.69) is 60.1 Å². The van der Waals surface area contributed by atoms with Gasteiger partial charge in [0.15, 0.2) is 0 Å². The molecule has 3 N–H and O–H groups in total. The Labute approximate surface area is 164 Å². The van der Waals surface area contributed by atoms with Gasteiger partial charge in [-0.25, -0.2) is 0 Å². The Morgan fingerprint density at radius 2 is 1.93 bits per heavy atom. The molecule has 0 spiro atoms. The Morgan fingerprint density at radius 1 is 1.19 bits per heavy atom. The van der Waals surface area contributed by atoms with Crippen molar-refractivity contribution < 1.29 is 4.79 Å². The number of rotatable bonds is 8. The summed E-state index contributed by atoms with van der Waals surface area (Å²) in [6.45, 7) is 7.41. The predicted octanol–water partition coefficient (Wildman–Crippen LogP) is 3.79. The highest BCUT2D eigenvalue weighted by Crippen LogP contribution is 2.32. The van der Waals surface area contributed by atoms with Gasteiger partial charge < -0.3 is 16.0 Å². The zero-order valence-electron chi connectivity index (χ0n) is 17.1. The van der Waals surface area contributed by atoms with Crippen LogP contribution in [-0.4, -0.2) is 31.1 Å². The van der Waals surface area contributed by atoms with E-state index in [4.69, 9.17) is 0 Å². The summed E-state index contributed by atoms with van der Waals surface area (Å²) in [5.74, 6) is 1.31. The molecule has 1 aliphatic heterocycles. The van der Waals surface area contributed by atoms with Crippen LogP contribution < -0.4 is 16.0 Å². The summed E-state index contributed by atoms with van der Waals surface area (Å²) in [7, 11) is 0. The van der Waals surface area contributed by atoms with Crippen molar-refractivity contribution in [2.45, 2.75) is 70.4 Å². The van der Waals surface area contributed by atoms with Gasteiger partial charge in [0.1, 0.15) is 0 Å². The molecule has 3 rings (SSSR count). The first-order valence-corrected chi connectivity index (χ1v) is 10.9. The summed E-state index contributed by atoms with van der Waals surface area (Å²) >= 11 is 0. The Bertz CT molecular complexity index is 577. The largest absolute Gasteiger partial charge is 0.354 e. The second-order valence-corrected chi connectivity index (χ2v) is 8.83. The Balaban J connectivity index is 1.50. The second kappa shape index (κ2) is 9.70. The third-order valence-electron chi connectivity index (χ3n) is 6.65. The number of nitrogens with one attached hydrogen (secondary N) is 3.